The van der Waals surface area contributed by atoms with Crippen molar-refractivity contribution >= 4 is 25.3 Å². The maximum absolute atomic E-state index is 4.17. The van der Waals surface area contributed by atoms with E-state index in [4.69, 9.17) is 0 Å². The molecule has 0 aromatic heterocycles. The molecule has 0 spiro atoms. The van der Waals surface area contributed by atoms with Gasteiger partial charge in [0, 0.05) is 6.54 Å². The number of thiol groups is 2. The molecule has 0 saturated carbocycles. The van der Waals surface area contributed by atoms with Crippen molar-refractivity contribution in [3.63, 3.8) is 0 Å². The van der Waals surface area contributed by atoms with E-state index >= 15 is 0 Å². The van der Waals surface area contributed by atoms with E-state index in [1.165, 1.54) is 0 Å². The van der Waals surface area contributed by atoms with E-state index in [2.05, 4.69) is 44.0 Å². The molecule has 0 N–H and O–H groups in total. The minimum absolute atomic E-state index is 0.199. The van der Waals surface area contributed by atoms with Gasteiger partial charge in [-0.05, 0) is 13.1 Å². The van der Waals surface area contributed by atoms with Crippen molar-refractivity contribution in [1.29, 1.82) is 0 Å². The molecule has 0 fully saturated rings. The first-order valence-electron chi connectivity index (χ1n) is 3.29. The van der Waals surface area contributed by atoms with E-state index in [-0.39, 0.29) is 4.58 Å². The van der Waals surface area contributed by atoms with E-state index in [0.29, 0.717) is 0 Å². The Morgan fingerprint density at radius 3 is 1.78 bits per heavy atom. The summed E-state index contributed by atoms with van der Waals surface area (Å²) in [5.41, 5.74) is 0. The first kappa shape index (κ1) is 9.66. The molecule has 0 radical (unpaired) electrons. The third-order valence-electron chi connectivity index (χ3n) is 1.32. The molecule has 56 valence electrons. The fourth-order valence-electron chi connectivity index (χ4n) is 0.713. The van der Waals surface area contributed by atoms with Crippen LogP contribution in [-0.4, -0.2) is 29.1 Å². The third kappa shape index (κ3) is 5.12. The average molecular weight is 165 g/mol. The van der Waals surface area contributed by atoms with E-state index in [0.717, 1.165) is 19.6 Å². The second-order valence-electron chi connectivity index (χ2n) is 1.97. The Kier molecular flexibility index (Phi) is 5.84. The van der Waals surface area contributed by atoms with Gasteiger partial charge in [-0.3, -0.25) is 0 Å². The van der Waals surface area contributed by atoms with Gasteiger partial charge in [-0.2, -0.15) is 25.3 Å². The standard InChI is InChI=1S/C6H15NS2/c1-3-7(4-2)5-6(8)9/h6,8-9H,3-5H2,1-2H3. The zero-order chi connectivity index (χ0) is 7.28. The summed E-state index contributed by atoms with van der Waals surface area (Å²) in [5, 5.41) is 0. The predicted octanol–water partition coefficient (Wildman–Crippen LogP) is 1.51. The lowest BCUT2D eigenvalue weighted by atomic mass is 10.5. The Morgan fingerprint density at radius 2 is 1.67 bits per heavy atom. The van der Waals surface area contributed by atoms with Crippen LogP contribution in [0.25, 0.3) is 0 Å². The van der Waals surface area contributed by atoms with E-state index < -0.39 is 0 Å². The first-order chi connectivity index (χ1) is 4.20. The van der Waals surface area contributed by atoms with Crippen LogP contribution in [0, 0.1) is 0 Å². The molecule has 3 heteroatoms. The lowest BCUT2D eigenvalue weighted by Gasteiger charge is -2.18. The summed E-state index contributed by atoms with van der Waals surface area (Å²) >= 11 is 8.34. The lowest BCUT2D eigenvalue weighted by molar-refractivity contribution is 0.320. The molecule has 0 unspecified atom stereocenters. The van der Waals surface area contributed by atoms with Crippen LogP contribution in [0.4, 0.5) is 0 Å². The van der Waals surface area contributed by atoms with Crippen LogP contribution < -0.4 is 0 Å². The molecule has 0 aromatic rings. The fourth-order valence-corrected chi connectivity index (χ4v) is 1.17. The highest BCUT2D eigenvalue weighted by atomic mass is 32.2. The van der Waals surface area contributed by atoms with Gasteiger partial charge >= 0.3 is 0 Å². The van der Waals surface area contributed by atoms with Gasteiger partial charge < -0.3 is 4.90 Å². The predicted molar refractivity (Wildman–Crippen MR) is 49.5 cm³/mol. The fraction of sp³-hybridized carbons (Fsp3) is 1.00. The highest BCUT2D eigenvalue weighted by molar-refractivity contribution is 7.99. The van der Waals surface area contributed by atoms with Crippen LogP contribution in [0.5, 0.6) is 0 Å². The molecule has 0 rings (SSSR count). The summed E-state index contributed by atoms with van der Waals surface area (Å²) < 4.78 is 0.199. The summed E-state index contributed by atoms with van der Waals surface area (Å²) in [4.78, 5) is 2.30. The van der Waals surface area contributed by atoms with Crippen molar-refractivity contribution in [2.45, 2.75) is 18.4 Å². The van der Waals surface area contributed by atoms with Gasteiger partial charge in [0.2, 0.25) is 0 Å². The summed E-state index contributed by atoms with van der Waals surface area (Å²) in [6.45, 7) is 7.45. The molecule has 9 heavy (non-hydrogen) atoms. The van der Waals surface area contributed by atoms with Gasteiger partial charge in [-0.15, -0.1) is 0 Å². The summed E-state index contributed by atoms with van der Waals surface area (Å²) in [7, 11) is 0. The molecule has 0 aromatic carbocycles. The monoisotopic (exact) mass is 165 g/mol. The highest BCUT2D eigenvalue weighted by Crippen LogP contribution is 2.02. The van der Waals surface area contributed by atoms with Crippen LogP contribution in [0.2, 0.25) is 0 Å². The molecular formula is C6H15NS2. The molecule has 0 bridgehead atoms. The SMILES string of the molecule is CCN(CC)CC(S)S. The van der Waals surface area contributed by atoms with Crippen molar-refractivity contribution in [3.8, 4) is 0 Å². The Labute approximate surface area is 68.6 Å². The van der Waals surface area contributed by atoms with Gasteiger partial charge in [0.1, 0.15) is 0 Å². The smallest absolute Gasteiger partial charge is 0.0569 e. The van der Waals surface area contributed by atoms with E-state index in [9.17, 15) is 0 Å². The van der Waals surface area contributed by atoms with Gasteiger partial charge in [-0.25, -0.2) is 0 Å². The Bertz CT molecular complexity index is 62.1. The number of hydrogen-bond donors (Lipinski definition) is 2. The maximum atomic E-state index is 4.17. The van der Waals surface area contributed by atoms with E-state index in [1.807, 2.05) is 0 Å². The van der Waals surface area contributed by atoms with E-state index in [1.54, 1.807) is 0 Å². The van der Waals surface area contributed by atoms with Crippen molar-refractivity contribution < 1.29 is 0 Å². The maximum Gasteiger partial charge on any atom is 0.0569 e. The Balaban J connectivity index is 3.31. The number of rotatable bonds is 4. The Morgan fingerprint density at radius 1 is 1.22 bits per heavy atom. The molecule has 0 aliphatic heterocycles. The van der Waals surface area contributed by atoms with Gasteiger partial charge in [0.15, 0.2) is 0 Å². The molecule has 0 atom stereocenters. The van der Waals surface area contributed by atoms with Crippen LogP contribution in [-0.2, 0) is 0 Å². The topological polar surface area (TPSA) is 3.24 Å². The second kappa shape index (κ2) is 5.45. The Hall–Kier alpha value is 0.660. The largest absolute Gasteiger partial charge is 0.302 e. The minimum atomic E-state index is 0.199. The van der Waals surface area contributed by atoms with Crippen LogP contribution in [0.3, 0.4) is 0 Å². The van der Waals surface area contributed by atoms with Gasteiger partial charge in [0.25, 0.3) is 0 Å². The third-order valence-corrected chi connectivity index (χ3v) is 1.64. The molecule has 0 amide bonds. The van der Waals surface area contributed by atoms with Crippen molar-refractivity contribution in [1.82, 2.24) is 4.90 Å². The average Bonchev–Trinajstić information content (AvgIpc) is 1.82. The molecular weight excluding hydrogens is 150 g/mol. The second-order valence-corrected chi connectivity index (χ2v) is 3.62. The zero-order valence-electron chi connectivity index (χ0n) is 6.04. The number of hydrogen-bond acceptors (Lipinski definition) is 3. The summed E-state index contributed by atoms with van der Waals surface area (Å²) in [6, 6.07) is 0. The molecule has 0 heterocycles. The van der Waals surface area contributed by atoms with Gasteiger partial charge in [-0.1, -0.05) is 13.8 Å². The van der Waals surface area contributed by atoms with Crippen molar-refractivity contribution in [3.05, 3.63) is 0 Å². The minimum Gasteiger partial charge on any atom is -0.302 e. The molecule has 0 aliphatic carbocycles. The zero-order valence-corrected chi connectivity index (χ0v) is 7.83. The number of nitrogens with zero attached hydrogens (tertiary/aromatic N) is 1. The first-order valence-corrected chi connectivity index (χ1v) is 4.32. The molecule has 1 nitrogen and oxygen atoms in total. The quantitative estimate of drug-likeness (QED) is 0.472. The van der Waals surface area contributed by atoms with Crippen LogP contribution in [0.15, 0.2) is 0 Å². The van der Waals surface area contributed by atoms with Crippen LogP contribution in [0.1, 0.15) is 13.8 Å². The summed E-state index contributed by atoms with van der Waals surface area (Å²) in [6.07, 6.45) is 0. The molecule has 0 aliphatic rings. The summed E-state index contributed by atoms with van der Waals surface area (Å²) in [5.74, 6) is 0. The van der Waals surface area contributed by atoms with Gasteiger partial charge in [0.05, 0.1) is 4.58 Å². The van der Waals surface area contributed by atoms with Crippen molar-refractivity contribution in [2.75, 3.05) is 19.6 Å². The van der Waals surface area contributed by atoms with Crippen LogP contribution >= 0.6 is 25.3 Å². The normalized spacial score (nSPS) is 11.3. The molecule has 0 saturated heterocycles. The van der Waals surface area contributed by atoms with Crippen molar-refractivity contribution in [2.24, 2.45) is 0 Å². The lowest BCUT2D eigenvalue weighted by Crippen LogP contribution is -2.27. The highest BCUT2D eigenvalue weighted by Gasteiger charge is 2.01.